The van der Waals surface area contributed by atoms with Crippen molar-refractivity contribution in [3.05, 3.63) is 82.7 Å². The maximum Gasteiger partial charge on any atom is 0.252 e. The van der Waals surface area contributed by atoms with Gasteiger partial charge in [-0.1, -0.05) is 60.6 Å². The number of amides is 3. The number of thioether (sulfide) groups is 1. The van der Waals surface area contributed by atoms with Crippen LogP contribution in [-0.2, 0) is 33.8 Å². The minimum absolute atomic E-state index is 0.0225. The summed E-state index contributed by atoms with van der Waals surface area (Å²) in [6, 6.07) is 15.0. The predicted molar refractivity (Wildman–Crippen MR) is 173 cm³/mol. The number of aliphatic hydroxyl groups is 2. The highest BCUT2D eigenvalue weighted by molar-refractivity contribution is 8.00. The van der Waals surface area contributed by atoms with Crippen molar-refractivity contribution in [3.63, 3.8) is 0 Å². The molecular formula is C34H42N4O7S. The van der Waals surface area contributed by atoms with Gasteiger partial charge in [-0.2, -0.15) is 0 Å². The van der Waals surface area contributed by atoms with Gasteiger partial charge in [0, 0.05) is 34.8 Å². The SMILES string of the molecule is CCc1onc(C)c1CNC(=O)[C@H]1N(C(=O)[C@@H](O)C[C@@H](Cc2ccccc2)C(=O)N[C@H]2c3ccccc3OC[C@H]2O)CSC1(C)C. The van der Waals surface area contributed by atoms with Gasteiger partial charge in [0.05, 0.1) is 17.6 Å². The Morgan fingerprint density at radius 1 is 1.13 bits per heavy atom. The van der Waals surface area contributed by atoms with Gasteiger partial charge < -0.3 is 35.0 Å². The Morgan fingerprint density at radius 3 is 2.59 bits per heavy atom. The zero-order valence-corrected chi connectivity index (χ0v) is 27.4. The van der Waals surface area contributed by atoms with Crippen molar-refractivity contribution in [1.82, 2.24) is 20.7 Å². The van der Waals surface area contributed by atoms with Crippen LogP contribution in [0.5, 0.6) is 5.75 Å². The number of carbonyl (C=O) groups is 3. The van der Waals surface area contributed by atoms with E-state index in [4.69, 9.17) is 9.26 Å². The van der Waals surface area contributed by atoms with E-state index in [9.17, 15) is 24.6 Å². The minimum atomic E-state index is -1.54. The second-order valence-electron chi connectivity index (χ2n) is 12.4. The molecule has 5 rings (SSSR count). The molecule has 0 aliphatic carbocycles. The third kappa shape index (κ3) is 7.24. The van der Waals surface area contributed by atoms with Crippen LogP contribution in [0.1, 0.15) is 61.4 Å². The molecule has 1 saturated heterocycles. The summed E-state index contributed by atoms with van der Waals surface area (Å²) < 4.78 is 10.4. The molecule has 2 aromatic carbocycles. The zero-order valence-electron chi connectivity index (χ0n) is 26.6. The molecule has 11 nitrogen and oxygen atoms in total. The highest BCUT2D eigenvalue weighted by Crippen LogP contribution is 2.40. The van der Waals surface area contributed by atoms with E-state index in [1.807, 2.05) is 64.1 Å². The van der Waals surface area contributed by atoms with Gasteiger partial charge in [0.1, 0.15) is 36.4 Å². The molecule has 0 bridgehead atoms. The lowest BCUT2D eigenvalue weighted by Gasteiger charge is -2.33. The van der Waals surface area contributed by atoms with Gasteiger partial charge in [0.15, 0.2) is 0 Å². The molecule has 3 heterocycles. The van der Waals surface area contributed by atoms with Crippen molar-refractivity contribution in [3.8, 4) is 5.75 Å². The normalized spacial score (nSPS) is 21.5. The number of aromatic nitrogens is 1. The topological polar surface area (TPSA) is 154 Å². The summed E-state index contributed by atoms with van der Waals surface area (Å²) in [5.41, 5.74) is 3.02. The molecule has 1 aromatic heterocycles. The van der Waals surface area contributed by atoms with Gasteiger partial charge in [-0.25, -0.2) is 0 Å². The van der Waals surface area contributed by atoms with E-state index in [2.05, 4.69) is 15.8 Å². The molecule has 0 unspecified atom stereocenters. The molecule has 3 amide bonds. The first-order chi connectivity index (χ1) is 22.0. The number of rotatable bonds is 11. The average Bonchev–Trinajstić information content (AvgIpc) is 3.58. The monoisotopic (exact) mass is 650 g/mol. The molecule has 3 aromatic rings. The van der Waals surface area contributed by atoms with Crippen molar-refractivity contribution in [1.29, 1.82) is 0 Å². The number of nitrogens with zero attached hydrogens (tertiary/aromatic N) is 2. The quantitative estimate of drug-likeness (QED) is 0.245. The number of carbonyl (C=O) groups excluding carboxylic acids is 3. The second kappa shape index (κ2) is 14.3. The van der Waals surface area contributed by atoms with Crippen LogP contribution >= 0.6 is 11.8 Å². The van der Waals surface area contributed by atoms with Crippen LogP contribution in [0.25, 0.3) is 0 Å². The molecule has 0 saturated carbocycles. The molecular weight excluding hydrogens is 608 g/mol. The van der Waals surface area contributed by atoms with Crippen molar-refractivity contribution < 1.29 is 33.9 Å². The maximum atomic E-state index is 13.8. The number of aryl methyl sites for hydroxylation is 2. The number of benzene rings is 2. The van der Waals surface area contributed by atoms with Gasteiger partial charge in [-0.15, -0.1) is 11.8 Å². The molecule has 2 aliphatic rings. The summed E-state index contributed by atoms with van der Waals surface area (Å²) in [6.07, 6.45) is -1.79. The Morgan fingerprint density at radius 2 is 1.85 bits per heavy atom. The van der Waals surface area contributed by atoms with Crippen molar-refractivity contribution >= 4 is 29.5 Å². The van der Waals surface area contributed by atoms with Crippen LogP contribution in [0, 0.1) is 12.8 Å². The molecule has 12 heteroatoms. The van der Waals surface area contributed by atoms with Crippen LogP contribution in [0.15, 0.2) is 59.1 Å². The predicted octanol–water partition coefficient (Wildman–Crippen LogP) is 3.06. The van der Waals surface area contributed by atoms with Crippen LogP contribution in [0.4, 0.5) is 0 Å². The number of nitrogens with one attached hydrogen (secondary N) is 2. The van der Waals surface area contributed by atoms with E-state index in [0.29, 0.717) is 29.2 Å². The van der Waals surface area contributed by atoms with E-state index in [0.717, 1.165) is 11.1 Å². The summed E-state index contributed by atoms with van der Waals surface area (Å²) >= 11 is 1.45. The number of para-hydroxylation sites is 1. The first-order valence-corrected chi connectivity index (χ1v) is 16.6. The fraction of sp³-hybridized carbons (Fsp3) is 0.471. The Balaban J connectivity index is 1.32. The van der Waals surface area contributed by atoms with Crippen LogP contribution in [0.3, 0.4) is 0 Å². The van der Waals surface area contributed by atoms with E-state index in [-0.39, 0.29) is 37.8 Å². The first-order valence-electron chi connectivity index (χ1n) is 15.6. The lowest BCUT2D eigenvalue weighted by atomic mass is 9.90. The minimum Gasteiger partial charge on any atom is -0.490 e. The lowest BCUT2D eigenvalue weighted by molar-refractivity contribution is -0.147. The second-order valence-corrected chi connectivity index (χ2v) is 14.0. The van der Waals surface area contributed by atoms with Crippen molar-refractivity contribution in [2.75, 3.05) is 12.5 Å². The maximum absolute atomic E-state index is 13.8. The van der Waals surface area contributed by atoms with Crippen LogP contribution < -0.4 is 15.4 Å². The Hall–Kier alpha value is -3.87. The molecule has 5 atom stereocenters. The fourth-order valence-corrected chi connectivity index (χ4v) is 7.30. The van der Waals surface area contributed by atoms with E-state index in [1.165, 1.54) is 16.7 Å². The van der Waals surface area contributed by atoms with E-state index in [1.54, 1.807) is 18.2 Å². The summed E-state index contributed by atoms with van der Waals surface area (Å²) in [5.74, 6) is -0.674. The van der Waals surface area contributed by atoms with Crippen LogP contribution in [0.2, 0.25) is 0 Å². The van der Waals surface area contributed by atoms with E-state index < -0.39 is 46.8 Å². The third-order valence-electron chi connectivity index (χ3n) is 8.74. The van der Waals surface area contributed by atoms with Crippen molar-refractivity contribution in [2.24, 2.45) is 5.92 Å². The Labute approximate surface area is 273 Å². The van der Waals surface area contributed by atoms with Crippen LogP contribution in [-0.4, -0.2) is 73.5 Å². The molecule has 2 aliphatic heterocycles. The first kappa shape index (κ1) is 33.5. The largest absolute Gasteiger partial charge is 0.490 e. The van der Waals surface area contributed by atoms with E-state index >= 15 is 0 Å². The molecule has 1 fully saturated rings. The molecule has 4 N–H and O–H groups in total. The summed E-state index contributed by atoms with van der Waals surface area (Å²) in [7, 11) is 0. The number of ether oxygens (including phenoxy) is 1. The Kier molecular flexibility index (Phi) is 10.4. The molecule has 0 radical (unpaired) electrons. The summed E-state index contributed by atoms with van der Waals surface area (Å²) in [5, 5.41) is 32.0. The zero-order chi connectivity index (χ0) is 33.0. The van der Waals surface area contributed by atoms with Gasteiger partial charge in [0.25, 0.3) is 5.91 Å². The number of hydrogen-bond acceptors (Lipinski definition) is 9. The highest BCUT2D eigenvalue weighted by atomic mass is 32.2. The number of aliphatic hydroxyl groups excluding tert-OH is 2. The fourth-order valence-electron chi connectivity index (χ4n) is 6.16. The smallest absolute Gasteiger partial charge is 0.252 e. The molecule has 0 spiro atoms. The average molecular weight is 651 g/mol. The lowest BCUT2D eigenvalue weighted by Crippen LogP contribution is -2.55. The number of hydrogen-bond donors (Lipinski definition) is 4. The number of fused-ring (bicyclic) bond motifs is 1. The van der Waals surface area contributed by atoms with Gasteiger partial charge in [-0.05, 0) is 45.2 Å². The summed E-state index contributed by atoms with van der Waals surface area (Å²) in [4.78, 5) is 42.6. The van der Waals surface area contributed by atoms with Crippen molar-refractivity contribution in [2.45, 2.75) is 82.5 Å². The van der Waals surface area contributed by atoms with Gasteiger partial charge in [-0.3, -0.25) is 14.4 Å². The Bertz CT molecular complexity index is 1550. The highest BCUT2D eigenvalue weighted by Gasteiger charge is 2.49. The molecule has 46 heavy (non-hydrogen) atoms. The third-order valence-corrected chi connectivity index (χ3v) is 10.1. The molecule has 246 valence electrons. The van der Waals surface area contributed by atoms with Gasteiger partial charge in [0.2, 0.25) is 11.8 Å². The summed E-state index contributed by atoms with van der Waals surface area (Å²) in [6.45, 7) is 7.78. The standard InChI is InChI=1S/C34H42N4O7S/c1-5-27-24(20(2)37-45-27)17-35-32(42)30-34(3,4)46-19-38(30)33(43)25(39)16-22(15-21-11-7-6-8-12-21)31(41)36-29-23-13-9-10-14-28(23)44-18-26(29)40/h6-14,22,25-26,29-30,39-40H,5,15-19H2,1-4H3,(H,35,42)(H,36,41)/t22-,25+,26-,29+,30-/m1/s1. The van der Waals surface area contributed by atoms with Gasteiger partial charge >= 0.3 is 0 Å².